The van der Waals surface area contributed by atoms with E-state index in [1.165, 1.54) is 11.3 Å². The zero-order valence-electron chi connectivity index (χ0n) is 17.0. The number of aromatic nitrogens is 2. The molecule has 8 heteroatoms. The second-order valence-electron chi connectivity index (χ2n) is 6.32. The first kappa shape index (κ1) is 21.4. The van der Waals surface area contributed by atoms with Crippen molar-refractivity contribution < 1.29 is 19.0 Å². The molecule has 0 saturated heterocycles. The highest BCUT2D eigenvalue weighted by molar-refractivity contribution is 7.13. The molecule has 1 aromatic carbocycles. The van der Waals surface area contributed by atoms with Crippen molar-refractivity contribution in [3.05, 3.63) is 41.4 Å². The third-order valence-electron chi connectivity index (χ3n) is 4.42. The zero-order valence-corrected chi connectivity index (χ0v) is 17.8. The topological polar surface area (TPSA) is 74.6 Å². The lowest BCUT2D eigenvalue weighted by atomic mass is 10.2. The molecule has 2 aromatic heterocycles. The van der Waals surface area contributed by atoms with Crippen molar-refractivity contribution in [2.24, 2.45) is 0 Å². The molecule has 0 radical (unpaired) electrons. The van der Waals surface area contributed by atoms with Crippen LogP contribution in [0.15, 0.2) is 35.7 Å². The minimum absolute atomic E-state index is 0.239. The van der Waals surface area contributed by atoms with E-state index in [-0.39, 0.29) is 12.5 Å². The number of amides is 1. The van der Waals surface area contributed by atoms with Gasteiger partial charge in [-0.2, -0.15) is 0 Å². The molecule has 3 aromatic rings. The van der Waals surface area contributed by atoms with E-state index in [0.29, 0.717) is 32.1 Å². The van der Waals surface area contributed by atoms with E-state index >= 15 is 0 Å². The van der Waals surface area contributed by atoms with Crippen LogP contribution in [0.1, 0.15) is 24.3 Å². The summed E-state index contributed by atoms with van der Waals surface area (Å²) in [4.78, 5) is 17.1. The molecule has 0 aliphatic heterocycles. The Morgan fingerprint density at radius 2 is 2.00 bits per heavy atom. The minimum atomic E-state index is -0.455. The third-order valence-corrected chi connectivity index (χ3v) is 5.28. The Labute approximate surface area is 174 Å². The number of carbonyl (C=O) groups excluding carboxylic acids is 1. The number of thiazole rings is 1. The molecule has 0 spiro atoms. The van der Waals surface area contributed by atoms with Crippen LogP contribution in [-0.2, 0) is 20.8 Å². The fourth-order valence-corrected chi connectivity index (χ4v) is 3.93. The van der Waals surface area contributed by atoms with Gasteiger partial charge < -0.3 is 24.1 Å². The highest BCUT2D eigenvalue weighted by Crippen LogP contribution is 2.30. The van der Waals surface area contributed by atoms with Gasteiger partial charge in [0.05, 0.1) is 18.8 Å². The number of carbonyl (C=O) groups is 1. The van der Waals surface area contributed by atoms with Gasteiger partial charge in [-0.3, -0.25) is 4.79 Å². The van der Waals surface area contributed by atoms with Crippen LogP contribution in [0.3, 0.4) is 0 Å². The normalized spacial score (nSPS) is 11.4. The lowest BCUT2D eigenvalue weighted by molar-refractivity contribution is -0.131. The number of rotatable bonds is 11. The first-order chi connectivity index (χ1) is 14.2. The Balaban J connectivity index is 1.78. The Morgan fingerprint density at radius 3 is 2.72 bits per heavy atom. The summed E-state index contributed by atoms with van der Waals surface area (Å²) in [6, 6.07) is 10.3. The summed E-state index contributed by atoms with van der Waals surface area (Å²) in [6.07, 6.45) is -0.455. The van der Waals surface area contributed by atoms with E-state index in [1.807, 2.05) is 26.0 Å². The summed E-state index contributed by atoms with van der Waals surface area (Å²) in [5.41, 5.74) is 2.49. The number of fused-ring (bicyclic) bond motifs is 1. The van der Waals surface area contributed by atoms with Crippen LogP contribution in [0.2, 0.25) is 0 Å². The monoisotopic (exact) mass is 417 g/mol. The molecule has 29 heavy (non-hydrogen) atoms. The Morgan fingerprint density at radius 1 is 1.24 bits per heavy atom. The van der Waals surface area contributed by atoms with Gasteiger partial charge in [0.15, 0.2) is 6.29 Å². The van der Waals surface area contributed by atoms with Gasteiger partial charge in [-0.15, -0.1) is 11.3 Å². The van der Waals surface area contributed by atoms with E-state index in [4.69, 9.17) is 14.2 Å². The lowest BCUT2D eigenvalue weighted by Crippen LogP contribution is -2.35. The van der Waals surface area contributed by atoms with Gasteiger partial charge in [0, 0.05) is 43.2 Å². The molecule has 1 amide bonds. The summed E-state index contributed by atoms with van der Waals surface area (Å²) >= 11 is 1.45. The molecular formula is C21H27N3O4S. The average Bonchev–Trinajstić information content (AvgIpc) is 3.35. The van der Waals surface area contributed by atoms with E-state index in [9.17, 15) is 4.79 Å². The predicted octanol–water partition coefficient (Wildman–Crippen LogP) is 3.54. The van der Waals surface area contributed by atoms with Crippen LogP contribution < -0.4 is 5.32 Å². The highest BCUT2D eigenvalue weighted by atomic mass is 32.1. The minimum Gasteiger partial charge on any atom is -0.383 e. The summed E-state index contributed by atoms with van der Waals surface area (Å²) in [5.74, 6) is -0.239. The summed E-state index contributed by atoms with van der Waals surface area (Å²) in [6.45, 7) is 6.42. The van der Waals surface area contributed by atoms with Crippen LogP contribution in [0.4, 0.5) is 0 Å². The number of para-hydroxylation sites is 1. The third kappa shape index (κ3) is 5.22. The molecule has 0 aliphatic carbocycles. The average molecular weight is 418 g/mol. The predicted molar refractivity (Wildman–Crippen MR) is 114 cm³/mol. The van der Waals surface area contributed by atoms with Crippen molar-refractivity contribution in [3.8, 4) is 10.7 Å². The Hall–Kier alpha value is -2.26. The van der Waals surface area contributed by atoms with E-state index in [1.54, 1.807) is 12.5 Å². The molecule has 0 fully saturated rings. The van der Waals surface area contributed by atoms with Gasteiger partial charge in [-0.1, -0.05) is 18.2 Å². The second-order valence-corrected chi connectivity index (χ2v) is 7.18. The van der Waals surface area contributed by atoms with Crippen LogP contribution in [0, 0.1) is 0 Å². The van der Waals surface area contributed by atoms with Gasteiger partial charge in [0.1, 0.15) is 10.7 Å². The molecule has 1 N–H and O–H groups in total. The standard InChI is InChI=1S/C21H27N3O4S/c1-4-27-19(28-5-2)13-22-20(25)16-14-29-21(23-16)18-12-15-8-6-7-9-17(15)24(18)10-11-26-3/h6-9,12,14,19H,4-5,10-11,13H2,1-3H3,(H,22,25). The van der Waals surface area contributed by atoms with E-state index < -0.39 is 6.29 Å². The van der Waals surface area contributed by atoms with Crippen LogP contribution in [0.5, 0.6) is 0 Å². The molecule has 7 nitrogen and oxygen atoms in total. The molecular weight excluding hydrogens is 390 g/mol. The summed E-state index contributed by atoms with van der Waals surface area (Å²) < 4.78 is 18.4. The van der Waals surface area contributed by atoms with Crippen molar-refractivity contribution in [1.29, 1.82) is 0 Å². The van der Waals surface area contributed by atoms with E-state index in [2.05, 4.69) is 33.1 Å². The largest absolute Gasteiger partial charge is 0.383 e. The fraction of sp³-hybridized carbons (Fsp3) is 0.429. The number of nitrogens with zero attached hydrogens (tertiary/aromatic N) is 2. The first-order valence-corrected chi connectivity index (χ1v) is 10.6. The first-order valence-electron chi connectivity index (χ1n) is 9.72. The van der Waals surface area contributed by atoms with Crippen molar-refractivity contribution in [2.45, 2.75) is 26.7 Å². The van der Waals surface area contributed by atoms with Crippen molar-refractivity contribution in [2.75, 3.05) is 33.5 Å². The van der Waals surface area contributed by atoms with Gasteiger partial charge in [-0.25, -0.2) is 4.98 Å². The highest BCUT2D eigenvalue weighted by Gasteiger charge is 2.17. The molecule has 0 unspecified atom stereocenters. The molecule has 0 atom stereocenters. The van der Waals surface area contributed by atoms with Crippen LogP contribution in [0.25, 0.3) is 21.6 Å². The Kier molecular flexibility index (Phi) is 7.76. The zero-order chi connectivity index (χ0) is 20.6. The summed E-state index contributed by atoms with van der Waals surface area (Å²) in [7, 11) is 1.69. The number of hydrogen-bond acceptors (Lipinski definition) is 6. The maximum atomic E-state index is 12.5. The Bertz CT molecular complexity index is 931. The van der Waals surface area contributed by atoms with Crippen molar-refractivity contribution in [3.63, 3.8) is 0 Å². The van der Waals surface area contributed by atoms with Crippen LogP contribution in [-0.4, -0.2) is 55.2 Å². The summed E-state index contributed by atoms with van der Waals surface area (Å²) in [5, 5.41) is 6.55. The second kappa shape index (κ2) is 10.5. The number of nitrogens with one attached hydrogen (secondary N) is 1. The van der Waals surface area contributed by atoms with E-state index in [0.717, 1.165) is 21.6 Å². The molecule has 0 bridgehead atoms. The number of benzene rings is 1. The SMILES string of the molecule is CCOC(CNC(=O)c1csc(-c2cc3ccccc3n2CCOC)n1)OCC. The van der Waals surface area contributed by atoms with Gasteiger partial charge >= 0.3 is 0 Å². The molecule has 0 saturated carbocycles. The molecule has 156 valence electrons. The smallest absolute Gasteiger partial charge is 0.270 e. The van der Waals surface area contributed by atoms with Gasteiger partial charge in [-0.05, 0) is 26.0 Å². The number of hydrogen-bond donors (Lipinski definition) is 1. The number of methoxy groups -OCH3 is 1. The molecule has 3 rings (SSSR count). The maximum absolute atomic E-state index is 12.5. The van der Waals surface area contributed by atoms with Crippen LogP contribution >= 0.6 is 11.3 Å². The van der Waals surface area contributed by atoms with Gasteiger partial charge in [0.25, 0.3) is 5.91 Å². The lowest BCUT2D eigenvalue weighted by Gasteiger charge is -2.16. The maximum Gasteiger partial charge on any atom is 0.270 e. The quantitative estimate of drug-likeness (QED) is 0.483. The number of ether oxygens (including phenoxy) is 3. The molecule has 0 aliphatic rings. The fourth-order valence-electron chi connectivity index (χ4n) is 3.11. The van der Waals surface area contributed by atoms with Gasteiger partial charge in [0.2, 0.25) is 0 Å². The van der Waals surface area contributed by atoms with Crippen molar-refractivity contribution >= 4 is 28.1 Å². The molecule has 2 heterocycles. The van der Waals surface area contributed by atoms with Crippen molar-refractivity contribution in [1.82, 2.24) is 14.9 Å².